The van der Waals surface area contributed by atoms with E-state index in [9.17, 15) is 29.7 Å². The van der Waals surface area contributed by atoms with Crippen LogP contribution in [0, 0.1) is 10.8 Å². The lowest BCUT2D eigenvalue weighted by molar-refractivity contribution is -0.168. The van der Waals surface area contributed by atoms with Crippen molar-refractivity contribution in [2.45, 2.75) is 12.8 Å². The fourth-order valence-electron chi connectivity index (χ4n) is 2.64. The summed E-state index contributed by atoms with van der Waals surface area (Å²) in [5.41, 5.74) is -3.64. The molecule has 0 radical (unpaired) electrons. The molecule has 2 atom stereocenters. The largest absolute Gasteiger partial charge is 0.481 e. The molecular formula is C15H18O7. The molecule has 7 heteroatoms. The first-order chi connectivity index (χ1) is 10.4. The highest BCUT2D eigenvalue weighted by Crippen LogP contribution is 2.50. The van der Waals surface area contributed by atoms with Gasteiger partial charge in [-0.05, 0) is 6.42 Å². The molecule has 1 rings (SSSR count). The molecule has 3 N–H and O–H groups in total. The molecule has 22 heavy (non-hydrogen) atoms. The molecule has 1 aliphatic rings. The van der Waals surface area contributed by atoms with Crippen molar-refractivity contribution in [3.8, 4) is 0 Å². The molecule has 0 fully saturated rings. The number of hydrogen-bond acceptors (Lipinski definition) is 5. The van der Waals surface area contributed by atoms with Crippen LogP contribution < -0.4 is 0 Å². The third kappa shape index (κ3) is 2.94. The number of allylic oxidation sites excluding steroid dienone is 2. The number of aliphatic hydroxyl groups excluding tert-OH is 1. The normalized spacial score (nSPS) is 26.4. The summed E-state index contributed by atoms with van der Waals surface area (Å²) in [6, 6.07) is 0. The number of rotatable bonds is 8. The second-order valence-corrected chi connectivity index (χ2v) is 4.87. The lowest BCUT2D eigenvalue weighted by Gasteiger charge is -2.42. The monoisotopic (exact) mass is 310 g/mol. The van der Waals surface area contributed by atoms with Crippen molar-refractivity contribution in [3.05, 3.63) is 37.0 Å². The van der Waals surface area contributed by atoms with Crippen LogP contribution in [0.3, 0.4) is 0 Å². The van der Waals surface area contributed by atoms with Crippen LogP contribution in [0.25, 0.3) is 0 Å². The fourth-order valence-corrected chi connectivity index (χ4v) is 2.64. The van der Waals surface area contributed by atoms with Crippen LogP contribution in [0.1, 0.15) is 12.8 Å². The average molecular weight is 310 g/mol. The van der Waals surface area contributed by atoms with Crippen LogP contribution in [-0.2, 0) is 19.1 Å². The predicted molar refractivity (Wildman–Crippen MR) is 75.9 cm³/mol. The van der Waals surface area contributed by atoms with Gasteiger partial charge < -0.3 is 20.1 Å². The molecule has 1 aliphatic carbocycles. The van der Waals surface area contributed by atoms with E-state index in [1.165, 1.54) is 24.3 Å². The van der Waals surface area contributed by atoms with Gasteiger partial charge in [0.05, 0.1) is 6.61 Å². The van der Waals surface area contributed by atoms with Crippen molar-refractivity contribution in [1.29, 1.82) is 0 Å². The van der Waals surface area contributed by atoms with E-state index >= 15 is 0 Å². The number of carbonyl (C=O) groups excluding carboxylic acids is 1. The topological polar surface area (TPSA) is 121 Å². The van der Waals surface area contributed by atoms with Crippen LogP contribution in [0.5, 0.6) is 0 Å². The summed E-state index contributed by atoms with van der Waals surface area (Å²) in [5, 5.41) is 28.4. The Bertz CT molecular complexity index is 534. The molecule has 0 aromatic rings. The Morgan fingerprint density at radius 2 is 1.55 bits per heavy atom. The number of carbonyl (C=O) groups is 3. The van der Waals surface area contributed by atoms with E-state index in [0.717, 1.165) is 6.08 Å². The molecule has 0 spiro atoms. The van der Waals surface area contributed by atoms with Crippen LogP contribution >= 0.6 is 0 Å². The first-order valence-corrected chi connectivity index (χ1v) is 6.60. The predicted octanol–water partition coefficient (Wildman–Crippen LogP) is 0.756. The fraction of sp³-hybridized carbons (Fsp3) is 0.400. The van der Waals surface area contributed by atoms with E-state index in [1.807, 2.05) is 0 Å². The highest BCUT2D eigenvalue weighted by atomic mass is 16.5. The Balaban J connectivity index is 3.21. The van der Waals surface area contributed by atoms with Gasteiger partial charge >= 0.3 is 17.9 Å². The summed E-state index contributed by atoms with van der Waals surface area (Å²) >= 11 is 0. The van der Waals surface area contributed by atoms with Crippen molar-refractivity contribution in [2.24, 2.45) is 10.8 Å². The Morgan fingerprint density at radius 3 is 1.95 bits per heavy atom. The number of carboxylic acid groups (broad SMARTS) is 2. The zero-order valence-electron chi connectivity index (χ0n) is 11.9. The number of aliphatic carboxylic acids is 2. The minimum Gasteiger partial charge on any atom is -0.481 e. The van der Waals surface area contributed by atoms with E-state index in [1.54, 1.807) is 0 Å². The minimum atomic E-state index is -1.82. The standard InChI is InChI=1S/C15H18O7/c1-2-11(17)22-10-8-15(13(20)21)6-4-3-5-14(15,7-9-16)12(18)19/h2-6,16H,1,7-10H2,(H,18,19)(H,20,21). The highest BCUT2D eigenvalue weighted by molar-refractivity contribution is 5.91. The SMILES string of the molecule is C=CC(=O)OCCC1(C(=O)O)C=CC=CC1(CCO)C(=O)O. The van der Waals surface area contributed by atoms with Gasteiger partial charge in [0.15, 0.2) is 0 Å². The van der Waals surface area contributed by atoms with Gasteiger partial charge in [0.1, 0.15) is 10.8 Å². The van der Waals surface area contributed by atoms with Crippen LogP contribution in [0.4, 0.5) is 0 Å². The maximum absolute atomic E-state index is 11.8. The summed E-state index contributed by atoms with van der Waals surface area (Å²) < 4.78 is 4.79. The molecule has 0 aromatic carbocycles. The quantitative estimate of drug-likeness (QED) is 0.447. The Labute approximate surface area is 127 Å². The molecule has 0 bridgehead atoms. The molecule has 0 heterocycles. The van der Waals surface area contributed by atoms with Crippen LogP contribution in [0.2, 0.25) is 0 Å². The second kappa shape index (κ2) is 7.04. The third-order valence-corrected chi connectivity index (χ3v) is 3.85. The van der Waals surface area contributed by atoms with E-state index in [-0.39, 0.29) is 19.4 Å². The molecule has 2 unspecified atom stereocenters. The van der Waals surface area contributed by atoms with E-state index in [2.05, 4.69) is 6.58 Å². The number of hydrogen-bond donors (Lipinski definition) is 3. The molecular weight excluding hydrogens is 292 g/mol. The van der Waals surface area contributed by atoms with Crippen LogP contribution in [0.15, 0.2) is 37.0 Å². The lowest BCUT2D eigenvalue weighted by Crippen LogP contribution is -2.52. The zero-order valence-corrected chi connectivity index (χ0v) is 11.9. The molecule has 120 valence electrons. The molecule has 7 nitrogen and oxygen atoms in total. The Morgan fingerprint density at radius 1 is 1.05 bits per heavy atom. The third-order valence-electron chi connectivity index (χ3n) is 3.85. The molecule has 0 amide bonds. The average Bonchev–Trinajstić information content (AvgIpc) is 2.48. The molecule has 0 saturated heterocycles. The van der Waals surface area contributed by atoms with Crippen molar-refractivity contribution >= 4 is 17.9 Å². The van der Waals surface area contributed by atoms with Crippen molar-refractivity contribution < 1.29 is 34.4 Å². The minimum absolute atomic E-state index is 0.241. The van der Waals surface area contributed by atoms with Crippen molar-refractivity contribution in [3.63, 3.8) is 0 Å². The van der Waals surface area contributed by atoms with Gasteiger partial charge in [-0.3, -0.25) is 9.59 Å². The van der Waals surface area contributed by atoms with Gasteiger partial charge in [0.25, 0.3) is 0 Å². The van der Waals surface area contributed by atoms with Gasteiger partial charge in [-0.25, -0.2) is 4.79 Å². The number of ether oxygens (including phenoxy) is 1. The number of carboxylic acids is 2. The molecule has 0 aliphatic heterocycles. The molecule has 0 aromatic heterocycles. The van der Waals surface area contributed by atoms with Gasteiger partial charge in [0.2, 0.25) is 0 Å². The van der Waals surface area contributed by atoms with Crippen molar-refractivity contribution in [2.75, 3.05) is 13.2 Å². The maximum Gasteiger partial charge on any atom is 0.330 e. The molecule has 0 saturated carbocycles. The Hall–Kier alpha value is -2.41. The summed E-state index contributed by atoms with van der Waals surface area (Å²) in [5.74, 6) is -3.45. The van der Waals surface area contributed by atoms with Gasteiger partial charge in [-0.1, -0.05) is 30.9 Å². The summed E-state index contributed by atoms with van der Waals surface area (Å²) in [6.07, 6.45) is 5.81. The number of aliphatic hydroxyl groups is 1. The summed E-state index contributed by atoms with van der Waals surface area (Å²) in [6.45, 7) is 2.45. The Kier molecular flexibility index (Phi) is 5.64. The maximum atomic E-state index is 11.8. The van der Waals surface area contributed by atoms with E-state index in [0.29, 0.717) is 0 Å². The van der Waals surface area contributed by atoms with Gasteiger partial charge in [0, 0.05) is 19.1 Å². The second-order valence-electron chi connectivity index (χ2n) is 4.87. The first kappa shape index (κ1) is 17.6. The first-order valence-electron chi connectivity index (χ1n) is 6.60. The van der Waals surface area contributed by atoms with Crippen LogP contribution in [-0.4, -0.2) is 46.4 Å². The smallest absolute Gasteiger partial charge is 0.330 e. The summed E-state index contributed by atoms with van der Waals surface area (Å²) in [7, 11) is 0. The van der Waals surface area contributed by atoms with Crippen molar-refractivity contribution in [1.82, 2.24) is 0 Å². The number of esters is 1. The van der Waals surface area contributed by atoms with E-state index in [4.69, 9.17) is 4.74 Å². The van der Waals surface area contributed by atoms with Gasteiger partial charge in [-0.15, -0.1) is 0 Å². The van der Waals surface area contributed by atoms with E-state index < -0.39 is 35.3 Å². The highest BCUT2D eigenvalue weighted by Gasteiger charge is 2.59. The zero-order chi connectivity index (χ0) is 16.8. The lowest BCUT2D eigenvalue weighted by atomic mass is 9.58. The summed E-state index contributed by atoms with van der Waals surface area (Å²) in [4.78, 5) is 34.7. The van der Waals surface area contributed by atoms with Gasteiger partial charge in [-0.2, -0.15) is 0 Å².